The predicted molar refractivity (Wildman–Crippen MR) is 81.2 cm³/mol. The number of imide groups is 1. The Morgan fingerprint density at radius 1 is 1.33 bits per heavy atom. The molecule has 6 heteroatoms. The molecular formula is C15H23N3O3. The smallest absolute Gasteiger partial charge is 0.321 e. The molecule has 0 aliphatic heterocycles. The highest BCUT2D eigenvalue weighted by Crippen LogP contribution is 2.21. The van der Waals surface area contributed by atoms with Crippen molar-refractivity contribution in [3.8, 4) is 5.75 Å². The van der Waals surface area contributed by atoms with Crippen molar-refractivity contribution in [3.63, 3.8) is 0 Å². The van der Waals surface area contributed by atoms with Gasteiger partial charge in [0.25, 0.3) is 5.91 Å². The van der Waals surface area contributed by atoms with Crippen molar-refractivity contribution < 1.29 is 14.3 Å². The summed E-state index contributed by atoms with van der Waals surface area (Å²) < 4.78 is 5.66. The lowest BCUT2D eigenvalue weighted by Gasteiger charge is -2.17. The van der Waals surface area contributed by atoms with E-state index in [1.54, 1.807) is 13.8 Å². The average molecular weight is 293 g/mol. The molecule has 0 fully saturated rings. The minimum absolute atomic E-state index is 0.457. The van der Waals surface area contributed by atoms with Crippen LogP contribution in [0.3, 0.4) is 0 Å². The lowest BCUT2D eigenvalue weighted by Crippen LogP contribution is -2.45. The van der Waals surface area contributed by atoms with Gasteiger partial charge in [0.05, 0.1) is 0 Å². The van der Waals surface area contributed by atoms with Gasteiger partial charge in [0.2, 0.25) is 0 Å². The molecule has 0 aliphatic rings. The van der Waals surface area contributed by atoms with Crippen molar-refractivity contribution in [1.29, 1.82) is 0 Å². The van der Waals surface area contributed by atoms with Gasteiger partial charge >= 0.3 is 6.03 Å². The number of amides is 3. The SMILES string of the molecule is CCNC(=O)NC(=O)C(C)Oc1ccc(C)cc1CNC. The van der Waals surface area contributed by atoms with Crippen LogP contribution in [0.1, 0.15) is 25.0 Å². The number of benzene rings is 1. The molecule has 21 heavy (non-hydrogen) atoms. The summed E-state index contributed by atoms with van der Waals surface area (Å²) in [6, 6.07) is 5.23. The molecule has 0 aliphatic carbocycles. The van der Waals surface area contributed by atoms with Crippen molar-refractivity contribution in [2.45, 2.75) is 33.4 Å². The van der Waals surface area contributed by atoms with E-state index in [0.29, 0.717) is 18.8 Å². The molecular weight excluding hydrogens is 270 g/mol. The maximum atomic E-state index is 11.9. The van der Waals surface area contributed by atoms with E-state index in [9.17, 15) is 9.59 Å². The molecule has 1 aromatic rings. The van der Waals surface area contributed by atoms with Crippen LogP contribution in [-0.4, -0.2) is 31.6 Å². The first kappa shape index (κ1) is 17.0. The lowest BCUT2D eigenvalue weighted by molar-refractivity contribution is -0.126. The Balaban J connectivity index is 2.71. The van der Waals surface area contributed by atoms with Gasteiger partial charge < -0.3 is 15.4 Å². The molecule has 0 saturated heterocycles. The first-order valence-corrected chi connectivity index (χ1v) is 6.97. The zero-order valence-corrected chi connectivity index (χ0v) is 12.9. The molecule has 0 bridgehead atoms. The summed E-state index contributed by atoms with van der Waals surface area (Å²) >= 11 is 0. The van der Waals surface area contributed by atoms with Crippen LogP contribution in [0.5, 0.6) is 5.75 Å². The summed E-state index contributed by atoms with van der Waals surface area (Å²) in [6.07, 6.45) is -0.758. The molecule has 0 spiro atoms. The first-order chi connectivity index (χ1) is 9.97. The monoisotopic (exact) mass is 293 g/mol. The zero-order valence-electron chi connectivity index (χ0n) is 12.9. The second-order valence-corrected chi connectivity index (χ2v) is 4.75. The van der Waals surface area contributed by atoms with Crippen LogP contribution in [0.25, 0.3) is 0 Å². The molecule has 0 aromatic heterocycles. The molecule has 0 heterocycles. The molecule has 1 unspecified atom stereocenters. The number of hydrogen-bond donors (Lipinski definition) is 3. The Hall–Kier alpha value is -2.08. The third kappa shape index (κ3) is 5.43. The van der Waals surface area contributed by atoms with E-state index >= 15 is 0 Å². The van der Waals surface area contributed by atoms with Crippen molar-refractivity contribution in [1.82, 2.24) is 16.0 Å². The van der Waals surface area contributed by atoms with Gasteiger partial charge in [-0.3, -0.25) is 10.1 Å². The highest BCUT2D eigenvalue weighted by molar-refractivity contribution is 5.96. The minimum atomic E-state index is -0.758. The topological polar surface area (TPSA) is 79.5 Å². The fraction of sp³-hybridized carbons (Fsp3) is 0.467. The Bertz CT molecular complexity index is 503. The first-order valence-electron chi connectivity index (χ1n) is 6.97. The number of urea groups is 1. The van der Waals surface area contributed by atoms with Crippen molar-refractivity contribution >= 4 is 11.9 Å². The van der Waals surface area contributed by atoms with Gasteiger partial charge in [-0.1, -0.05) is 17.7 Å². The van der Waals surface area contributed by atoms with Gasteiger partial charge in [0, 0.05) is 18.7 Å². The van der Waals surface area contributed by atoms with Crippen LogP contribution in [0, 0.1) is 6.92 Å². The van der Waals surface area contributed by atoms with Gasteiger partial charge in [-0.2, -0.15) is 0 Å². The van der Waals surface area contributed by atoms with Crippen LogP contribution in [0.15, 0.2) is 18.2 Å². The van der Waals surface area contributed by atoms with E-state index in [-0.39, 0.29) is 0 Å². The number of nitrogens with one attached hydrogen (secondary N) is 3. The molecule has 0 radical (unpaired) electrons. The molecule has 0 saturated carbocycles. The molecule has 3 N–H and O–H groups in total. The van der Waals surface area contributed by atoms with Gasteiger partial charge in [-0.15, -0.1) is 0 Å². The summed E-state index contributed by atoms with van der Waals surface area (Å²) in [4.78, 5) is 23.2. The van der Waals surface area contributed by atoms with Gasteiger partial charge in [-0.25, -0.2) is 4.79 Å². The fourth-order valence-corrected chi connectivity index (χ4v) is 1.81. The van der Waals surface area contributed by atoms with E-state index in [2.05, 4.69) is 16.0 Å². The van der Waals surface area contributed by atoms with Crippen LogP contribution >= 0.6 is 0 Å². The molecule has 1 rings (SSSR count). The summed E-state index contributed by atoms with van der Waals surface area (Å²) in [5.41, 5.74) is 2.09. The maximum absolute atomic E-state index is 11.9. The van der Waals surface area contributed by atoms with E-state index in [1.165, 1.54) is 0 Å². The van der Waals surface area contributed by atoms with E-state index < -0.39 is 18.0 Å². The second kappa shape index (κ2) is 8.26. The molecule has 6 nitrogen and oxygen atoms in total. The largest absolute Gasteiger partial charge is 0.481 e. The number of hydrogen-bond acceptors (Lipinski definition) is 4. The number of carbonyl (C=O) groups is 2. The average Bonchev–Trinajstić information content (AvgIpc) is 2.42. The van der Waals surface area contributed by atoms with Crippen LogP contribution < -0.4 is 20.7 Å². The Morgan fingerprint density at radius 2 is 2.05 bits per heavy atom. The van der Waals surface area contributed by atoms with Crippen LogP contribution in [-0.2, 0) is 11.3 Å². The number of aryl methyl sites for hydroxylation is 1. The van der Waals surface area contributed by atoms with Gasteiger partial charge in [0.1, 0.15) is 5.75 Å². The Morgan fingerprint density at radius 3 is 2.67 bits per heavy atom. The summed E-state index contributed by atoms with van der Waals surface area (Å²) in [5, 5.41) is 7.79. The summed E-state index contributed by atoms with van der Waals surface area (Å²) in [6.45, 7) is 6.48. The van der Waals surface area contributed by atoms with E-state index in [1.807, 2.05) is 32.2 Å². The minimum Gasteiger partial charge on any atom is -0.481 e. The summed E-state index contributed by atoms with van der Waals surface area (Å²) in [5.74, 6) is 0.158. The Labute approximate surface area is 125 Å². The van der Waals surface area contributed by atoms with Gasteiger partial charge in [0.15, 0.2) is 6.10 Å². The van der Waals surface area contributed by atoms with Crippen molar-refractivity contribution in [2.75, 3.05) is 13.6 Å². The standard InChI is InChI=1S/C15H23N3O3/c1-5-17-15(20)18-14(19)11(3)21-13-7-6-10(2)8-12(13)9-16-4/h6-8,11,16H,5,9H2,1-4H3,(H2,17,18,19,20). The molecule has 1 atom stereocenters. The number of rotatable bonds is 6. The highest BCUT2D eigenvalue weighted by Gasteiger charge is 2.18. The number of carbonyl (C=O) groups excluding carboxylic acids is 2. The number of ether oxygens (including phenoxy) is 1. The van der Waals surface area contributed by atoms with Crippen molar-refractivity contribution in [3.05, 3.63) is 29.3 Å². The van der Waals surface area contributed by atoms with E-state index in [4.69, 9.17) is 4.74 Å². The molecule has 1 aromatic carbocycles. The summed E-state index contributed by atoms with van der Waals surface area (Å²) in [7, 11) is 1.84. The Kier molecular flexibility index (Phi) is 6.68. The van der Waals surface area contributed by atoms with Crippen LogP contribution in [0.4, 0.5) is 4.79 Å². The third-order valence-electron chi connectivity index (χ3n) is 2.83. The molecule has 3 amide bonds. The van der Waals surface area contributed by atoms with E-state index in [0.717, 1.165) is 11.1 Å². The predicted octanol–water partition coefficient (Wildman–Crippen LogP) is 1.33. The third-order valence-corrected chi connectivity index (χ3v) is 2.83. The second-order valence-electron chi connectivity index (χ2n) is 4.75. The fourth-order valence-electron chi connectivity index (χ4n) is 1.81. The zero-order chi connectivity index (χ0) is 15.8. The highest BCUT2D eigenvalue weighted by atomic mass is 16.5. The lowest BCUT2D eigenvalue weighted by atomic mass is 10.1. The van der Waals surface area contributed by atoms with Gasteiger partial charge in [-0.05, 0) is 33.9 Å². The quantitative estimate of drug-likeness (QED) is 0.739. The van der Waals surface area contributed by atoms with Crippen molar-refractivity contribution in [2.24, 2.45) is 0 Å². The maximum Gasteiger partial charge on any atom is 0.321 e. The molecule has 116 valence electrons. The van der Waals surface area contributed by atoms with Crippen LogP contribution in [0.2, 0.25) is 0 Å². The normalized spacial score (nSPS) is 11.6.